The SMILES string of the molecule is CNCC(C)C(O)c1cccc(Cl)c1. The molecule has 0 aliphatic carbocycles. The molecule has 0 bridgehead atoms. The molecular weight excluding hydrogens is 198 g/mol. The summed E-state index contributed by atoms with van der Waals surface area (Å²) in [5, 5.41) is 13.7. The number of benzene rings is 1. The second-order valence-electron chi connectivity index (χ2n) is 3.53. The summed E-state index contributed by atoms with van der Waals surface area (Å²) in [6.07, 6.45) is -0.457. The van der Waals surface area contributed by atoms with Gasteiger partial charge in [0.2, 0.25) is 0 Å². The summed E-state index contributed by atoms with van der Waals surface area (Å²) < 4.78 is 0. The highest BCUT2D eigenvalue weighted by Crippen LogP contribution is 2.23. The summed E-state index contributed by atoms with van der Waals surface area (Å²) in [5.41, 5.74) is 0.875. The van der Waals surface area contributed by atoms with E-state index in [-0.39, 0.29) is 5.92 Å². The largest absolute Gasteiger partial charge is 0.388 e. The standard InChI is InChI=1S/C11H16ClNO/c1-8(7-13-2)11(14)9-4-3-5-10(12)6-9/h3-6,8,11,13-14H,7H2,1-2H3. The van der Waals surface area contributed by atoms with Crippen molar-refractivity contribution in [3.8, 4) is 0 Å². The molecule has 2 unspecified atom stereocenters. The normalized spacial score (nSPS) is 15.1. The molecule has 3 heteroatoms. The Kier molecular flexibility index (Phi) is 4.39. The van der Waals surface area contributed by atoms with E-state index in [0.717, 1.165) is 12.1 Å². The minimum Gasteiger partial charge on any atom is -0.388 e. The molecule has 0 spiro atoms. The van der Waals surface area contributed by atoms with Crippen LogP contribution in [-0.4, -0.2) is 18.7 Å². The minimum absolute atomic E-state index is 0.179. The van der Waals surface area contributed by atoms with Gasteiger partial charge in [-0.15, -0.1) is 0 Å². The summed E-state index contributed by atoms with van der Waals surface area (Å²) in [5.74, 6) is 0.179. The molecule has 0 fully saturated rings. The highest BCUT2D eigenvalue weighted by atomic mass is 35.5. The third-order valence-electron chi connectivity index (χ3n) is 2.26. The zero-order valence-electron chi connectivity index (χ0n) is 8.50. The zero-order chi connectivity index (χ0) is 10.6. The summed E-state index contributed by atoms with van der Waals surface area (Å²) in [6, 6.07) is 7.36. The summed E-state index contributed by atoms with van der Waals surface area (Å²) >= 11 is 5.84. The Morgan fingerprint density at radius 1 is 1.50 bits per heavy atom. The van der Waals surface area contributed by atoms with Gasteiger partial charge >= 0.3 is 0 Å². The molecule has 0 saturated heterocycles. The van der Waals surface area contributed by atoms with Crippen LogP contribution in [0, 0.1) is 5.92 Å². The zero-order valence-corrected chi connectivity index (χ0v) is 9.25. The molecule has 2 nitrogen and oxygen atoms in total. The van der Waals surface area contributed by atoms with Gasteiger partial charge in [0.05, 0.1) is 6.10 Å². The Morgan fingerprint density at radius 3 is 2.79 bits per heavy atom. The molecule has 0 amide bonds. The van der Waals surface area contributed by atoms with Gasteiger partial charge in [0.25, 0.3) is 0 Å². The molecule has 0 aliphatic heterocycles. The van der Waals surface area contributed by atoms with Crippen molar-refractivity contribution in [1.29, 1.82) is 0 Å². The third kappa shape index (κ3) is 2.98. The van der Waals surface area contributed by atoms with Crippen molar-refractivity contribution >= 4 is 11.6 Å². The van der Waals surface area contributed by atoms with Gasteiger partial charge in [-0.1, -0.05) is 30.7 Å². The number of hydrogen-bond donors (Lipinski definition) is 2. The highest BCUT2D eigenvalue weighted by molar-refractivity contribution is 6.30. The van der Waals surface area contributed by atoms with Crippen LogP contribution in [0.25, 0.3) is 0 Å². The average Bonchev–Trinajstić information content (AvgIpc) is 2.17. The lowest BCUT2D eigenvalue weighted by atomic mass is 9.97. The van der Waals surface area contributed by atoms with E-state index >= 15 is 0 Å². The van der Waals surface area contributed by atoms with Crippen molar-refractivity contribution < 1.29 is 5.11 Å². The van der Waals surface area contributed by atoms with Gasteiger partial charge in [0.15, 0.2) is 0 Å². The Morgan fingerprint density at radius 2 is 2.21 bits per heavy atom. The van der Waals surface area contributed by atoms with E-state index in [4.69, 9.17) is 11.6 Å². The fourth-order valence-corrected chi connectivity index (χ4v) is 1.65. The number of nitrogens with one attached hydrogen (secondary N) is 1. The van der Waals surface area contributed by atoms with E-state index in [2.05, 4.69) is 5.32 Å². The van der Waals surface area contributed by atoms with Crippen LogP contribution in [0.4, 0.5) is 0 Å². The van der Waals surface area contributed by atoms with Crippen LogP contribution in [0.3, 0.4) is 0 Å². The van der Waals surface area contributed by atoms with E-state index in [9.17, 15) is 5.11 Å². The molecule has 14 heavy (non-hydrogen) atoms. The van der Waals surface area contributed by atoms with E-state index in [1.165, 1.54) is 0 Å². The summed E-state index contributed by atoms with van der Waals surface area (Å²) in [7, 11) is 1.88. The van der Waals surface area contributed by atoms with Crippen molar-refractivity contribution in [2.24, 2.45) is 5.92 Å². The molecule has 1 aromatic carbocycles. The van der Waals surface area contributed by atoms with E-state index in [0.29, 0.717) is 5.02 Å². The van der Waals surface area contributed by atoms with E-state index < -0.39 is 6.10 Å². The van der Waals surface area contributed by atoms with Gasteiger partial charge < -0.3 is 10.4 Å². The fourth-order valence-electron chi connectivity index (χ4n) is 1.45. The van der Waals surface area contributed by atoms with Gasteiger partial charge in [-0.2, -0.15) is 0 Å². The number of halogens is 1. The first-order valence-corrected chi connectivity index (χ1v) is 5.11. The quantitative estimate of drug-likeness (QED) is 0.804. The van der Waals surface area contributed by atoms with Crippen molar-refractivity contribution in [3.63, 3.8) is 0 Å². The third-order valence-corrected chi connectivity index (χ3v) is 2.49. The Balaban J connectivity index is 2.73. The number of rotatable bonds is 4. The first kappa shape index (κ1) is 11.5. The molecule has 1 rings (SSSR count). The van der Waals surface area contributed by atoms with Gasteiger partial charge in [0.1, 0.15) is 0 Å². The monoisotopic (exact) mass is 213 g/mol. The molecule has 0 saturated carbocycles. The first-order chi connectivity index (χ1) is 6.65. The van der Waals surface area contributed by atoms with Crippen LogP contribution < -0.4 is 5.32 Å². The summed E-state index contributed by atoms with van der Waals surface area (Å²) in [4.78, 5) is 0. The minimum atomic E-state index is -0.457. The van der Waals surface area contributed by atoms with Crippen LogP contribution in [0.1, 0.15) is 18.6 Å². The maximum atomic E-state index is 9.95. The maximum Gasteiger partial charge on any atom is 0.0828 e. The molecule has 2 N–H and O–H groups in total. The van der Waals surface area contributed by atoms with Crippen molar-refractivity contribution in [1.82, 2.24) is 5.32 Å². The lowest BCUT2D eigenvalue weighted by Gasteiger charge is -2.18. The van der Waals surface area contributed by atoms with Crippen LogP contribution >= 0.6 is 11.6 Å². The van der Waals surface area contributed by atoms with Crippen LogP contribution in [0.5, 0.6) is 0 Å². The second kappa shape index (κ2) is 5.35. The maximum absolute atomic E-state index is 9.95. The molecule has 0 aliphatic rings. The average molecular weight is 214 g/mol. The highest BCUT2D eigenvalue weighted by Gasteiger charge is 2.15. The Labute approximate surface area is 89.9 Å². The van der Waals surface area contributed by atoms with E-state index in [1.54, 1.807) is 12.1 Å². The molecule has 0 aromatic heterocycles. The molecule has 78 valence electrons. The van der Waals surface area contributed by atoms with Gasteiger partial charge in [-0.25, -0.2) is 0 Å². The topological polar surface area (TPSA) is 32.3 Å². The number of aliphatic hydroxyl groups excluding tert-OH is 1. The Bertz CT molecular complexity index is 290. The van der Waals surface area contributed by atoms with E-state index in [1.807, 2.05) is 26.1 Å². The molecule has 0 heterocycles. The van der Waals surface area contributed by atoms with Crippen molar-refractivity contribution in [2.75, 3.05) is 13.6 Å². The van der Waals surface area contributed by atoms with Gasteiger partial charge in [-0.05, 0) is 30.7 Å². The predicted molar refractivity (Wildman–Crippen MR) is 59.5 cm³/mol. The lowest BCUT2D eigenvalue weighted by molar-refractivity contribution is 0.118. The van der Waals surface area contributed by atoms with Gasteiger partial charge in [-0.3, -0.25) is 0 Å². The molecule has 1 aromatic rings. The molecule has 2 atom stereocenters. The number of hydrogen-bond acceptors (Lipinski definition) is 2. The van der Waals surface area contributed by atoms with Crippen LogP contribution in [-0.2, 0) is 0 Å². The fraction of sp³-hybridized carbons (Fsp3) is 0.455. The van der Waals surface area contributed by atoms with Gasteiger partial charge in [0, 0.05) is 11.6 Å². The first-order valence-electron chi connectivity index (χ1n) is 4.73. The van der Waals surface area contributed by atoms with Crippen LogP contribution in [0.2, 0.25) is 5.02 Å². The lowest BCUT2D eigenvalue weighted by Crippen LogP contribution is -2.22. The molecule has 0 radical (unpaired) electrons. The predicted octanol–water partition coefficient (Wildman–Crippen LogP) is 2.23. The number of aliphatic hydroxyl groups is 1. The van der Waals surface area contributed by atoms with Crippen molar-refractivity contribution in [3.05, 3.63) is 34.9 Å². The summed E-state index contributed by atoms with van der Waals surface area (Å²) in [6.45, 7) is 2.79. The molecular formula is C11H16ClNO. The second-order valence-corrected chi connectivity index (χ2v) is 3.97. The smallest absolute Gasteiger partial charge is 0.0828 e. The van der Waals surface area contributed by atoms with Crippen LogP contribution in [0.15, 0.2) is 24.3 Å². The van der Waals surface area contributed by atoms with Crippen molar-refractivity contribution in [2.45, 2.75) is 13.0 Å². The Hall–Kier alpha value is -0.570.